The van der Waals surface area contributed by atoms with Crippen LogP contribution >= 0.6 is 23.6 Å². The van der Waals surface area contributed by atoms with Gasteiger partial charge >= 0.3 is 0 Å². The highest BCUT2D eigenvalue weighted by molar-refractivity contribution is 7.71. The van der Waals surface area contributed by atoms with E-state index in [2.05, 4.69) is 16.0 Å². The molecule has 3 rings (SSSR count). The standard InChI is InChI=1S/C13H10N4S2/c1-8-15-10(7-19-8)6-17-12-4-9(5-14)2-3-11(12)16-13(17)18/h2-4,7H,6H2,1H3,(H,16,18). The lowest BCUT2D eigenvalue weighted by molar-refractivity contribution is 0.789. The summed E-state index contributed by atoms with van der Waals surface area (Å²) in [6, 6.07) is 7.66. The van der Waals surface area contributed by atoms with E-state index in [9.17, 15) is 0 Å². The molecule has 2 heterocycles. The first kappa shape index (κ1) is 12.1. The van der Waals surface area contributed by atoms with Crippen molar-refractivity contribution in [2.45, 2.75) is 13.5 Å². The van der Waals surface area contributed by atoms with E-state index in [1.807, 2.05) is 29.0 Å². The van der Waals surface area contributed by atoms with Crippen LogP contribution in [-0.4, -0.2) is 14.5 Å². The van der Waals surface area contributed by atoms with Gasteiger partial charge in [-0.25, -0.2) is 4.98 Å². The third-order valence-electron chi connectivity index (χ3n) is 2.89. The highest BCUT2D eigenvalue weighted by Crippen LogP contribution is 2.18. The zero-order valence-corrected chi connectivity index (χ0v) is 11.8. The number of nitrogens with one attached hydrogen (secondary N) is 1. The minimum atomic E-state index is 0.623. The number of benzene rings is 1. The van der Waals surface area contributed by atoms with Crippen molar-refractivity contribution in [3.8, 4) is 6.07 Å². The molecule has 0 aliphatic carbocycles. The van der Waals surface area contributed by atoms with Crippen LogP contribution in [0, 0.1) is 23.0 Å². The maximum Gasteiger partial charge on any atom is 0.178 e. The van der Waals surface area contributed by atoms with Gasteiger partial charge in [0.25, 0.3) is 0 Å². The van der Waals surface area contributed by atoms with Gasteiger partial charge in [0, 0.05) is 5.38 Å². The Bertz CT molecular complexity index is 848. The maximum atomic E-state index is 8.98. The summed E-state index contributed by atoms with van der Waals surface area (Å²) in [7, 11) is 0. The van der Waals surface area contributed by atoms with Crippen LogP contribution in [0.2, 0.25) is 0 Å². The van der Waals surface area contributed by atoms with Crippen molar-refractivity contribution in [2.24, 2.45) is 0 Å². The van der Waals surface area contributed by atoms with Crippen LogP contribution in [0.25, 0.3) is 11.0 Å². The average Bonchev–Trinajstić information content (AvgIpc) is 2.94. The smallest absolute Gasteiger partial charge is 0.178 e. The van der Waals surface area contributed by atoms with E-state index < -0.39 is 0 Å². The van der Waals surface area contributed by atoms with Crippen LogP contribution in [0.1, 0.15) is 16.3 Å². The number of hydrogen-bond acceptors (Lipinski definition) is 4. The molecule has 0 bridgehead atoms. The van der Waals surface area contributed by atoms with Crippen LogP contribution in [0.3, 0.4) is 0 Å². The van der Waals surface area contributed by atoms with Gasteiger partial charge in [0.15, 0.2) is 4.77 Å². The fourth-order valence-electron chi connectivity index (χ4n) is 2.02. The molecule has 0 aliphatic rings. The Morgan fingerprint density at radius 1 is 1.53 bits per heavy atom. The second-order valence-electron chi connectivity index (χ2n) is 4.22. The minimum Gasteiger partial charge on any atom is -0.331 e. The molecule has 0 atom stereocenters. The van der Waals surface area contributed by atoms with E-state index in [1.165, 1.54) is 0 Å². The summed E-state index contributed by atoms with van der Waals surface area (Å²) >= 11 is 6.96. The van der Waals surface area contributed by atoms with Crippen molar-refractivity contribution in [1.29, 1.82) is 5.26 Å². The Morgan fingerprint density at radius 3 is 3.05 bits per heavy atom. The number of fused-ring (bicyclic) bond motifs is 1. The Kier molecular flexibility index (Phi) is 2.93. The Balaban J connectivity index is 2.14. The van der Waals surface area contributed by atoms with Gasteiger partial charge in [-0.15, -0.1) is 11.3 Å². The summed E-state index contributed by atoms with van der Waals surface area (Å²) < 4.78 is 2.62. The molecule has 94 valence electrons. The van der Waals surface area contributed by atoms with E-state index in [1.54, 1.807) is 17.4 Å². The molecule has 0 radical (unpaired) electrons. The number of nitriles is 1. The second-order valence-corrected chi connectivity index (χ2v) is 5.67. The summed E-state index contributed by atoms with van der Waals surface area (Å²) in [5.41, 5.74) is 3.50. The predicted molar refractivity (Wildman–Crippen MR) is 77.8 cm³/mol. The molecule has 1 aromatic carbocycles. The average molecular weight is 286 g/mol. The van der Waals surface area contributed by atoms with E-state index in [4.69, 9.17) is 17.5 Å². The molecule has 4 nitrogen and oxygen atoms in total. The lowest BCUT2D eigenvalue weighted by atomic mass is 10.2. The maximum absolute atomic E-state index is 8.98. The molecule has 2 aromatic heterocycles. The third-order valence-corrected chi connectivity index (χ3v) is 4.04. The summed E-state index contributed by atoms with van der Waals surface area (Å²) in [6.45, 7) is 2.61. The first-order valence-electron chi connectivity index (χ1n) is 5.71. The SMILES string of the molecule is Cc1nc(Cn2c(=S)[nH]c3ccc(C#N)cc32)cs1. The molecule has 0 saturated carbocycles. The number of hydrogen-bond donors (Lipinski definition) is 1. The van der Waals surface area contributed by atoms with Gasteiger partial charge in [-0.2, -0.15) is 5.26 Å². The molecule has 0 fully saturated rings. The van der Waals surface area contributed by atoms with Gasteiger partial charge in [0.1, 0.15) is 0 Å². The summed E-state index contributed by atoms with van der Waals surface area (Å²) in [5.74, 6) is 0. The quantitative estimate of drug-likeness (QED) is 0.735. The zero-order valence-electron chi connectivity index (χ0n) is 10.2. The number of rotatable bonds is 2. The third kappa shape index (κ3) is 2.18. The van der Waals surface area contributed by atoms with Gasteiger partial charge < -0.3 is 9.55 Å². The minimum absolute atomic E-state index is 0.623. The van der Waals surface area contributed by atoms with Crippen molar-refractivity contribution in [3.63, 3.8) is 0 Å². The molecule has 6 heteroatoms. The highest BCUT2D eigenvalue weighted by Gasteiger charge is 2.07. The number of aromatic nitrogens is 3. The Labute approximate surface area is 119 Å². The predicted octanol–water partition coefficient (Wildman–Crippen LogP) is 3.38. The number of aromatic amines is 1. The molecule has 19 heavy (non-hydrogen) atoms. The summed E-state index contributed by atoms with van der Waals surface area (Å²) in [4.78, 5) is 7.60. The van der Waals surface area contributed by atoms with E-state index in [0.29, 0.717) is 16.9 Å². The molecule has 0 amide bonds. The molecule has 1 N–H and O–H groups in total. The first-order valence-corrected chi connectivity index (χ1v) is 7.00. The number of nitrogens with zero attached hydrogens (tertiary/aromatic N) is 3. The van der Waals surface area contributed by atoms with Crippen molar-refractivity contribution < 1.29 is 0 Å². The molecular formula is C13H10N4S2. The fourth-order valence-corrected chi connectivity index (χ4v) is 2.90. The number of H-pyrrole nitrogens is 1. The van der Waals surface area contributed by atoms with Crippen LogP contribution in [-0.2, 0) is 6.54 Å². The lowest BCUT2D eigenvalue weighted by Gasteiger charge is -2.01. The van der Waals surface area contributed by atoms with Gasteiger partial charge in [-0.3, -0.25) is 0 Å². The molecule has 0 aliphatic heterocycles. The monoisotopic (exact) mass is 286 g/mol. The van der Waals surface area contributed by atoms with Crippen LogP contribution in [0.4, 0.5) is 0 Å². The first-order chi connectivity index (χ1) is 9.17. The highest BCUT2D eigenvalue weighted by atomic mass is 32.1. The number of thiazole rings is 1. The summed E-state index contributed by atoms with van der Waals surface area (Å²) in [6.07, 6.45) is 0. The van der Waals surface area contributed by atoms with E-state index in [0.717, 1.165) is 21.7 Å². The Hall–Kier alpha value is -1.97. The lowest BCUT2D eigenvalue weighted by Crippen LogP contribution is -2.00. The molecule has 0 unspecified atom stereocenters. The number of imidazole rings is 1. The zero-order chi connectivity index (χ0) is 13.4. The van der Waals surface area contributed by atoms with Gasteiger partial charge in [0.05, 0.1) is 39.9 Å². The van der Waals surface area contributed by atoms with Crippen molar-refractivity contribution in [1.82, 2.24) is 14.5 Å². The molecule has 0 spiro atoms. The molecular weight excluding hydrogens is 276 g/mol. The van der Waals surface area contributed by atoms with Crippen LogP contribution in [0.5, 0.6) is 0 Å². The van der Waals surface area contributed by atoms with Gasteiger partial charge in [-0.05, 0) is 37.3 Å². The van der Waals surface area contributed by atoms with E-state index >= 15 is 0 Å². The molecule has 0 saturated heterocycles. The van der Waals surface area contributed by atoms with Gasteiger partial charge in [-0.1, -0.05) is 0 Å². The van der Waals surface area contributed by atoms with Crippen LogP contribution in [0.15, 0.2) is 23.6 Å². The van der Waals surface area contributed by atoms with Crippen molar-refractivity contribution in [2.75, 3.05) is 0 Å². The normalized spacial score (nSPS) is 10.7. The van der Waals surface area contributed by atoms with Crippen molar-refractivity contribution >= 4 is 34.6 Å². The summed E-state index contributed by atoms with van der Waals surface area (Å²) in [5, 5.41) is 12.1. The Morgan fingerprint density at radius 2 is 2.37 bits per heavy atom. The van der Waals surface area contributed by atoms with Crippen LogP contribution < -0.4 is 0 Å². The molecule has 3 aromatic rings. The topological polar surface area (TPSA) is 57.4 Å². The second kappa shape index (κ2) is 4.61. The largest absolute Gasteiger partial charge is 0.331 e. The fraction of sp³-hybridized carbons (Fsp3) is 0.154. The van der Waals surface area contributed by atoms with Crippen molar-refractivity contribution in [3.05, 3.63) is 44.6 Å². The van der Waals surface area contributed by atoms with E-state index in [-0.39, 0.29) is 0 Å². The number of aryl methyl sites for hydroxylation is 1. The van der Waals surface area contributed by atoms with Gasteiger partial charge in [0.2, 0.25) is 0 Å².